The molecule has 1 aromatic rings. The molecule has 1 rings (SSSR count). The summed E-state index contributed by atoms with van der Waals surface area (Å²) in [5, 5.41) is 12.7. The summed E-state index contributed by atoms with van der Waals surface area (Å²) in [7, 11) is 0. The maximum atomic E-state index is 7.37. The molecular formula is C14H26ClN5. The second kappa shape index (κ2) is 7.64. The van der Waals surface area contributed by atoms with Crippen molar-refractivity contribution < 1.29 is 0 Å². The van der Waals surface area contributed by atoms with Gasteiger partial charge in [0.25, 0.3) is 0 Å². The molecule has 0 unspecified atom stereocenters. The second-order valence-corrected chi connectivity index (χ2v) is 5.59. The van der Waals surface area contributed by atoms with Crippen molar-refractivity contribution in [2.45, 2.75) is 59.7 Å². The Morgan fingerprint density at radius 1 is 1.45 bits per heavy atom. The molecule has 6 heteroatoms. The quantitative estimate of drug-likeness (QED) is 0.572. The highest BCUT2D eigenvalue weighted by molar-refractivity contribution is 6.31. The molecule has 0 fully saturated rings. The van der Waals surface area contributed by atoms with Crippen LogP contribution in [-0.4, -0.2) is 33.1 Å². The van der Waals surface area contributed by atoms with Crippen molar-refractivity contribution in [2.75, 3.05) is 6.54 Å². The van der Waals surface area contributed by atoms with Gasteiger partial charge >= 0.3 is 0 Å². The normalized spacial score (nSPS) is 11.6. The van der Waals surface area contributed by atoms with Crippen molar-refractivity contribution in [3.63, 3.8) is 0 Å². The molecule has 0 aliphatic carbocycles. The summed E-state index contributed by atoms with van der Waals surface area (Å²) in [4.78, 5) is 2.27. The third-order valence-electron chi connectivity index (χ3n) is 3.45. The number of nitrogens with two attached hydrogens (primary N) is 1. The molecule has 5 nitrogen and oxygen atoms in total. The Labute approximate surface area is 126 Å². The first-order valence-corrected chi connectivity index (χ1v) is 7.59. The first-order valence-electron chi connectivity index (χ1n) is 7.21. The zero-order valence-electron chi connectivity index (χ0n) is 12.9. The molecule has 1 aromatic heterocycles. The number of aryl methyl sites for hydroxylation is 2. The van der Waals surface area contributed by atoms with Crippen LogP contribution in [0.5, 0.6) is 0 Å². The van der Waals surface area contributed by atoms with Crippen LogP contribution < -0.4 is 5.73 Å². The van der Waals surface area contributed by atoms with E-state index in [2.05, 4.69) is 37.7 Å². The van der Waals surface area contributed by atoms with Gasteiger partial charge < -0.3 is 5.73 Å². The van der Waals surface area contributed by atoms with Crippen molar-refractivity contribution >= 4 is 17.4 Å². The van der Waals surface area contributed by atoms with Crippen LogP contribution >= 0.6 is 11.6 Å². The summed E-state index contributed by atoms with van der Waals surface area (Å²) in [5.74, 6) is 0.222. The minimum atomic E-state index is 0.222. The summed E-state index contributed by atoms with van der Waals surface area (Å²) in [5.41, 5.74) is 7.47. The van der Waals surface area contributed by atoms with Gasteiger partial charge in [-0.05, 0) is 27.2 Å². The molecule has 20 heavy (non-hydrogen) atoms. The van der Waals surface area contributed by atoms with E-state index in [1.807, 2.05) is 4.68 Å². The number of rotatable bonds is 8. The highest BCUT2D eigenvalue weighted by Crippen LogP contribution is 2.23. The molecule has 0 aliphatic heterocycles. The van der Waals surface area contributed by atoms with Gasteiger partial charge in [0.2, 0.25) is 0 Å². The summed E-state index contributed by atoms with van der Waals surface area (Å²) in [6, 6.07) is 0.371. The average molecular weight is 300 g/mol. The fourth-order valence-corrected chi connectivity index (χ4v) is 2.47. The highest BCUT2D eigenvalue weighted by atomic mass is 35.5. The van der Waals surface area contributed by atoms with Crippen LogP contribution in [0.4, 0.5) is 0 Å². The largest absolute Gasteiger partial charge is 0.388 e. The van der Waals surface area contributed by atoms with E-state index in [0.29, 0.717) is 12.5 Å². The van der Waals surface area contributed by atoms with Gasteiger partial charge in [0.05, 0.1) is 22.2 Å². The molecule has 0 saturated carbocycles. The third-order valence-corrected chi connectivity index (χ3v) is 3.88. The van der Waals surface area contributed by atoms with Crippen molar-refractivity contribution in [1.29, 1.82) is 5.41 Å². The van der Waals surface area contributed by atoms with E-state index in [0.717, 1.165) is 42.5 Å². The van der Waals surface area contributed by atoms with Gasteiger partial charge in [-0.15, -0.1) is 0 Å². The van der Waals surface area contributed by atoms with Gasteiger partial charge in [-0.25, -0.2) is 0 Å². The molecule has 0 saturated heterocycles. The zero-order chi connectivity index (χ0) is 15.3. The minimum Gasteiger partial charge on any atom is -0.388 e. The predicted molar refractivity (Wildman–Crippen MR) is 84.4 cm³/mol. The van der Waals surface area contributed by atoms with E-state index >= 15 is 0 Å². The predicted octanol–water partition coefficient (Wildman–Crippen LogP) is 2.66. The number of hydrogen-bond donors (Lipinski definition) is 2. The van der Waals surface area contributed by atoms with Gasteiger partial charge in [0, 0.05) is 32.1 Å². The lowest BCUT2D eigenvalue weighted by Gasteiger charge is -2.26. The Morgan fingerprint density at radius 2 is 2.10 bits per heavy atom. The smallest absolute Gasteiger partial charge is 0.0918 e. The highest BCUT2D eigenvalue weighted by Gasteiger charge is 2.19. The summed E-state index contributed by atoms with van der Waals surface area (Å²) in [6.07, 6.45) is 1.42. The number of aromatic nitrogens is 2. The van der Waals surface area contributed by atoms with Gasteiger partial charge in [0.1, 0.15) is 0 Å². The lowest BCUT2D eigenvalue weighted by Crippen LogP contribution is -2.34. The van der Waals surface area contributed by atoms with Crippen LogP contribution in [-0.2, 0) is 19.5 Å². The lowest BCUT2D eigenvalue weighted by molar-refractivity contribution is 0.212. The van der Waals surface area contributed by atoms with Crippen molar-refractivity contribution in [2.24, 2.45) is 5.73 Å². The van der Waals surface area contributed by atoms with Crippen LogP contribution in [0.2, 0.25) is 5.02 Å². The Balaban J connectivity index is 2.92. The van der Waals surface area contributed by atoms with Crippen molar-refractivity contribution in [3.8, 4) is 0 Å². The molecule has 1 heterocycles. The average Bonchev–Trinajstić information content (AvgIpc) is 2.70. The molecular weight excluding hydrogens is 274 g/mol. The molecule has 3 N–H and O–H groups in total. The van der Waals surface area contributed by atoms with Crippen molar-refractivity contribution in [1.82, 2.24) is 14.7 Å². The van der Waals surface area contributed by atoms with Crippen LogP contribution in [0, 0.1) is 5.41 Å². The Bertz CT molecular complexity index is 453. The Hall–Kier alpha value is -1.07. The van der Waals surface area contributed by atoms with Crippen LogP contribution in [0.25, 0.3) is 0 Å². The molecule has 0 atom stereocenters. The number of hydrogen-bond acceptors (Lipinski definition) is 3. The topological polar surface area (TPSA) is 70.9 Å². The van der Waals surface area contributed by atoms with E-state index in [-0.39, 0.29) is 5.84 Å². The molecule has 0 radical (unpaired) electrons. The number of nitrogens with zero attached hydrogens (tertiary/aromatic N) is 3. The van der Waals surface area contributed by atoms with E-state index in [1.54, 1.807) is 0 Å². The minimum absolute atomic E-state index is 0.222. The fraction of sp³-hybridized carbons (Fsp3) is 0.714. The van der Waals surface area contributed by atoms with Crippen molar-refractivity contribution in [3.05, 3.63) is 16.4 Å². The maximum absolute atomic E-state index is 7.37. The van der Waals surface area contributed by atoms with Gasteiger partial charge in [0.15, 0.2) is 0 Å². The Morgan fingerprint density at radius 3 is 2.55 bits per heavy atom. The van der Waals surface area contributed by atoms with Gasteiger partial charge in [-0.1, -0.05) is 18.5 Å². The second-order valence-electron chi connectivity index (χ2n) is 5.22. The van der Waals surface area contributed by atoms with E-state index in [9.17, 15) is 0 Å². The maximum Gasteiger partial charge on any atom is 0.0918 e. The third kappa shape index (κ3) is 4.21. The number of amidine groups is 1. The summed E-state index contributed by atoms with van der Waals surface area (Å²) >= 11 is 6.44. The zero-order valence-corrected chi connectivity index (χ0v) is 13.7. The molecule has 0 bridgehead atoms. The molecule has 0 aromatic carbocycles. The molecule has 0 aliphatic rings. The molecule has 0 spiro atoms. The van der Waals surface area contributed by atoms with Gasteiger partial charge in [-0.2, -0.15) is 5.10 Å². The van der Waals surface area contributed by atoms with Gasteiger partial charge in [-0.3, -0.25) is 15.0 Å². The SMILES string of the molecule is CCc1nn(CC)c(CN(CCC(=N)N)C(C)C)c1Cl. The molecule has 114 valence electrons. The standard InChI is InChI=1S/C14H26ClN5/c1-5-11-14(15)12(20(6-2)18-11)9-19(10(3)4)8-7-13(16)17/h10H,5-9H2,1-4H3,(H3,16,17). The fourth-order valence-electron chi connectivity index (χ4n) is 2.14. The number of halogens is 1. The first-order chi connectivity index (χ1) is 9.40. The van der Waals surface area contributed by atoms with E-state index in [4.69, 9.17) is 22.7 Å². The van der Waals surface area contributed by atoms with Crippen LogP contribution in [0.1, 0.15) is 45.5 Å². The first kappa shape index (κ1) is 17.0. The lowest BCUT2D eigenvalue weighted by atomic mass is 10.2. The summed E-state index contributed by atoms with van der Waals surface area (Å²) < 4.78 is 1.98. The van der Waals surface area contributed by atoms with Crippen LogP contribution in [0.3, 0.4) is 0 Å². The summed E-state index contributed by atoms with van der Waals surface area (Å²) in [6.45, 7) is 10.7. The monoisotopic (exact) mass is 299 g/mol. The number of nitrogens with one attached hydrogen (secondary N) is 1. The van der Waals surface area contributed by atoms with Crippen LogP contribution in [0.15, 0.2) is 0 Å². The molecule has 0 amide bonds. The van der Waals surface area contributed by atoms with E-state index < -0.39 is 0 Å². The van der Waals surface area contributed by atoms with E-state index in [1.165, 1.54) is 0 Å². The Kier molecular flexibility index (Phi) is 6.49.